The second-order valence-electron chi connectivity index (χ2n) is 2.31. The Bertz CT molecular complexity index is 341. The van der Waals surface area contributed by atoms with Gasteiger partial charge in [-0.05, 0) is 12.1 Å². The quantitative estimate of drug-likeness (QED) is 0.474. The second kappa shape index (κ2) is 1.53. The minimum Gasteiger partial charge on any atom is -0.404 e. The molecule has 1 unspecified atom stereocenters. The van der Waals surface area contributed by atoms with E-state index < -0.39 is 8.60 Å². The molecule has 0 radical (unpaired) electrons. The van der Waals surface area contributed by atoms with Gasteiger partial charge in [-0.3, -0.25) is 0 Å². The maximum absolute atomic E-state index is 5.61. The molecule has 56 valence electrons. The Morgan fingerprint density at radius 3 is 2.64 bits per heavy atom. The molecule has 0 aromatic heterocycles. The summed E-state index contributed by atoms with van der Waals surface area (Å²) in [4.78, 5) is 0. The third-order valence-corrected chi connectivity index (χ3v) is 2.62. The van der Waals surface area contributed by atoms with Crippen molar-refractivity contribution in [2.45, 2.75) is 0 Å². The summed E-state index contributed by atoms with van der Waals surface area (Å²) in [7, 11) is -1.19. The summed E-state index contributed by atoms with van der Waals surface area (Å²) in [5, 5.41) is 0. The lowest BCUT2D eigenvalue weighted by atomic mass is 10.2. The van der Waals surface area contributed by atoms with Crippen molar-refractivity contribution in [3.63, 3.8) is 0 Å². The Labute approximate surface area is 63.9 Å². The number of hydrogen-bond donors (Lipinski definition) is 1. The number of nitrogens with two attached hydrogens (primary N) is 1. The third kappa shape index (κ3) is 0.535. The van der Waals surface area contributed by atoms with Crippen molar-refractivity contribution in [2.24, 2.45) is 0 Å². The van der Waals surface area contributed by atoms with E-state index in [1.54, 1.807) is 12.1 Å². The molecule has 3 rings (SSSR count). The van der Waals surface area contributed by atoms with Crippen molar-refractivity contribution in [3.8, 4) is 17.2 Å². The Kier molecular flexibility index (Phi) is 0.767. The fourth-order valence-electron chi connectivity index (χ4n) is 1.10. The normalized spacial score (nSPS) is 22.4. The molecule has 1 aromatic rings. The Morgan fingerprint density at radius 2 is 1.91 bits per heavy atom. The largest absolute Gasteiger partial charge is 0.530 e. The van der Waals surface area contributed by atoms with Gasteiger partial charge in [-0.15, -0.1) is 0 Å². The molecule has 2 aliphatic heterocycles. The van der Waals surface area contributed by atoms with Crippen molar-refractivity contribution in [2.75, 3.05) is 5.73 Å². The van der Waals surface area contributed by atoms with Crippen molar-refractivity contribution in [3.05, 3.63) is 12.1 Å². The average Bonchev–Trinajstić information content (AvgIpc) is 2.54. The lowest BCUT2D eigenvalue weighted by Crippen LogP contribution is -1.95. The molecule has 2 bridgehead atoms. The molecule has 2 aliphatic rings. The summed E-state index contributed by atoms with van der Waals surface area (Å²) < 4.78 is 15.6. The molecule has 0 spiro atoms. The smallest absolute Gasteiger partial charge is 0.404 e. The van der Waals surface area contributed by atoms with E-state index in [0.717, 1.165) is 5.75 Å². The average molecular weight is 169 g/mol. The molecule has 1 atom stereocenters. The summed E-state index contributed by atoms with van der Waals surface area (Å²) in [6.45, 7) is 0. The first-order valence-electron chi connectivity index (χ1n) is 3.11. The third-order valence-electron chi connectivity index (χ3n) is 1.61. The lowest BCUT2D eigenvalue weighted by Gasteiger charge is -2.08. The minimum atomic E-state index is -1.19. The van der Waals surface area contributed by atoms with E-state index >= 15 is 0 Å². The van der Waals surface area contributed by atoms with E-state index in [0.29, 0.717) is 17.2 Å². The van der Waals surface area contributed by atoms with Gasteiger partial charge in [0, 0.05) is 0 Å². The molecular formula is C6H4NO3P. The number of hydrogen-bond acceptors (Lipinski definition) is 4. The Morgan fingerprint density at radius 1 is 1.09 bits per heavy atom. The maximum Gasteiger partial charge on any atom is 0.530 e. The minimum absolute atomic E-state index is 0.608. The second-order valence-corrected chi connectivity index (χ2v) is 3.30. The van der Waals surface area contributed by atoms with Gasteiger partial charge in [0.25, 0.3) is 0 Å². The molecule has 11 heavy (non-hydrogen) atoms. The van der Waals surface area contributed by atoms with Gasteiger partial charge >= 0.3 is 8.60 Å². The Balaban J connectivity index is 2.38. The molecule has 2 N–H and O–H groups in total. The van der Waals surface area contributed by atoms with Crippen molar-refractivity contribution >= 4 is 14.3 Å². The highest BCUT2D eigenvalue weighted by Gasteiger charge is 2.41. The van der Waals surface area contributed by atoms with Crippen LogP contribution in [0.15, 0.2) is 12.1 Å². The van der Waals surface area contributed by atoms with Crippen molar-refractivity contribution < 1.29 is 13.6 Å². The summed E-state index contributed by atoms with van der Waals surface area (Å²) in [6, 6.07) is 3.54. The molecule has 5 heteroatoms. The topological polar surface area (TPSA) is 53.7 Å². The molecular weight excluding hydrogens is 165 g/mol. The van der Waals surface area contributed by atoms with Gasteiger partial charge in [0.1, 0.15) is 0 Å². The van der Waals surface area contributed by atoms with Crippen LogP contribution in [-0.4, -0.2) is 0 Å². The van der Waals surface area contributed by atoms with Gasteiger partial charge in [-0.1, -0.05) is 0 Å². The molecule has 1 aromatic carbocycles. The predicted octanol–water partition coefficient (Wildman–Crippen LogP) is 1.66. The predicted molar refractivity (Wildman–Crippen MR) is 39.7 cm³/mol. The first-order chi connectivity index (χ1) is 5.34. The number of fused-ring (bicyclic) bond motifs is 1. The van der Waals surface area contributed by atoms with E-state index in [9.17, 15) is 0 Å². The number of rotatable bonds is 0. The van der Waals surface area contributed by atoms with Crippen LogP contribution in [-0.2, 0) is 0 Å². The van der Waals surface area contributed by atoms with E-state index in [2.05, 4.69) is 0 Å². The van der Waals surface area contributed by atoms with E-state index in [4.69, 9.17) is 19.3 Å². The molecule has 2 heterocycles. The van der Waals surface area contributed by atoms with Crippen molar-refractivity contribution in [1.29, 1.82) is 0 Å². The van der Waals surface area contributed by atoms with Gasteiger partial charge < -0.3 is 19.3 Å². The van der Waals surface area contributed by atoms with Crippen molar-refractivity contribution in [1.82, 2.24) is 0 Å². The fraction of sp³-hybridized carbons (Fsp3) is 0. The Hall–Kier alpha value is -1.15. The zero-order valence-electron chi connectivity index (χ0n) is 5.40. The van der Waals surface area contributed by atoms with Crippen LogP contribution >= 0.6 is 8.60 Å². The van der Waals surface area contributed by atoms with Gasteiger partial charge in [0.2, 0.25) is 5.75 Å². The summed E-state index contributed by atoms with van der Waals surface area (Å²) in [6.07, 6.45) is 0. The summed E-state index contributed by atoms with van der Waals surface area (Å²) in [5.41, 5.74) is 6.22. The SMILES string of the molecule is Nc1ccc2c3c1OP(O2)O3. The van der Waals surface area contributed by atoms with Crippen LogP contribution in [0.1, 0.15) is 0 Å². The first-order valence-corrected chi connectivity index (χ1v) is 4.20. The summed E-state index contributed by atoms with van der Waals surface area (Å²) >= 11 is 0. The molecule has 4 nitrogen and oxygen atoms in total. The van der Waals surface area contributed by atoms with Gasteiger partial charge in [-0.25, -0.2) is 0 Å². The van der Waals surface area contributed by atoms with Crippen LogP contribution in [0, 0.1) is 0 Å². The van der Waals surface area contributed by atoms with Crippen LogP contribution in [0.3, 0.4) is 0 Å². The number of nitrogen functional groups attached to an aromatic ring is 1. The fourth-order valence-corrected chi connectivity index (χ4v) is 2.17. The highest BCUT2D eigenvalue weighted by Crippen LogP contribution is 2.65. The van der Waals surface area contributed by atoms with Crippen LogP contribution in [0.2, 0.25) is 0 Å². The molecule has 0 amide bonds. The van der Waals surface area contributed by atoms with Crippen LogP contribution in [0.4, 0.5) is 5.69 Å². The number of anilines is 1. The van der Waals surface area contributed by atoms with Crippen LogP contribution in [0.25, 0.3) is 0 Å². The summed E-state index contributed by atoms with van der Waals surface area (Å²) in [5.74, 6) is 2.04. The molecule has 0 fully saturated rings. The standard InChI is InChI=1S/C6H4NO3P/c7-3-1-2-4-6-5(3)9-11(8-4)10-6/h1-2H,7H2. The van der Waals surface area contributed by atoms with Gasteiger partial charge in [0.05, 0.1) is 5.69 Å². The zero-order chi connectivity index (χ0) is 7.42. The highest BCUT2D eigenvalue weighted by atomic mass is 31.2. The monoisotopic (exact) mass is 169 g/mol. The van der Waals surface area contributed by atoms with E-state index in [-0.39, 0.29) is 0 Å². The molecule has 0 saturated heterocycles. The van der Waals surface area contributed by atoms with Crippen LogP contribution in [0.5, 0.6) is 17.2 Å². The van der Waals surface area contributed by atoms with Crippen LogP contribution < -0.4 is 19.3 Å². The van der Waals surface area contributed by atoms with Gasteiger partial charge in [-0.2, -0.15) is 0 Å². The molecule has 0 saturated carbocycles. The first kappa shape index (κ1) is 5.49. The van der Waals surface area contributed by atoms with E-state index in [1.807, 2.05) is 0 Å². The zero-order valence-corrected chi connectivity index (χ0v) is 6.30. The van der Waals surface area contributed by atoms with E-state index in [1.165, 1.54) is 0 Å². The molecule has 0 aliphatic carbocycles. The highest BCUT2D eigenvalue weighted by molar-refractivity contribution is 7.44. The van der Waals surface area contributed by atoms with Gasteiger partial charge in [0.15, 0.2) is 11.5 Å². The maximum atomic E-state index is 5.61. The lowest BCUT2D eigenvalue weighted by molar-refractivity contribution is 0.467. The number of benzene rings is 1.